The number of hydrogen-bond donors (Lipinski definition) is 2. The highest BCUT2D eigenvalue weighted by Crippen LogP contribution is 2.24. The van der Waals surface area contributed by atoms with Gasteiger partial charge in [0.05, 0.1) is 12.1 Å². The van der Waals surface area contributed by atoms with E-state index in [-0.39, 0.29) is 12.1 Å². The van der Waals surface area contributed by atoms with Crippen LogP contribution in [0.3, 0.4) is 0 Å². The Labute approximate surface area is 129 Å². The number of likely N-dealkylation sites (tertiary alicyclic amines) is 1. The fourth-order valence-corrected chi connectivity index (χ4v) is 3.39. The summed E-state index contributed by atoms with van der Waals surface area (Å²) in [4.78, 5) is 2.52. The molecule has 1 unspecified atom stereocenters. The van der Waals surface area contributed by atoms with Crippen molar-refractivity contribution >= 4 is 0 Å². The first kappa shape index (κ1) is 16.5. The third-order valence-electron chi connectivity index (χ3n) is 4.35. The summed E-state index contributed by atoms with van der Waals surface area (Å²) < 4.78 is 0. The van der Waals surface area contributed by atoms with Crippen LogP contribution in [0, 0.1) is 0 Å². The van der Waals surface area contributed by atoms with Gasteiger partial charge in [0.2, 0.25) is 0 Å². The molecule has 0 bridgehead atoms. The van der Waals surface area contributed by atoms with E-state index < -0.39 is 0 Å². The number of hydrogen-bond acceptors (Lipinski definition) is 3. The molecule has 2 rings (SSSR count). The van der Waals surface area contributed by atoms with E-state index in [0.717, 1.165) is 19.6 Å². The first-order chi connectivity index (χ1) is 10.2. The molecule has 0 radical (unpaired) electrons. The van der Waals surface area contributed by atoms with E-state index in [1.807, 2.05) is 6.07 Å². The average molecular weight is 290 g/mol. The third kappa shape index (κ3) is 4.53. The van der Waals surface area contributed by atoms with E-state index in [1.54, 1.807) is 0 Å². The lowest BCUT2D eigenvalue weighted by molar-refractivity contribution is 0.100. The van der Waals surface area contributed by atoms with Crippen LogP contribution in [0.5, 0.6) is 0 Å². The van der Waals surface area contributed by atoms with E-state index in [9.17, 15) is 5.11 Å². The van der Waals surface area contributed by atoms with Crippen LogP contribution in [0.15, 0.2) is 30.3 Å². The smallest absolute Gasteiger partial charge is 0.0799 e. The molecule has 1 aliphatic heterocycles. The van der Waals surface area contributed by atoms with Crippen molar-refractivity contribution in [1.29, 1.82) is 0 Å². The van der Waals surface area contributed by atoms with Gasteiger partial charge in [-0.15, -0.1) is 0 Å². The molecule has 3 heteroatoms. The topological polar surface area (TPSA) is 35.5 Å². The first-order valence-electron chi connectivity index (χ1n) is 8.33. The Bertz CT molecular complexity index is 399. The Morgan fingerprint density at radius 1 is 1.10 bits per heavy atom. The van der Waals surface area contributed by atoms with Crippen molar-refractivity contribution in [3.8, 4) is 0 Å². The molecule has 1 aromatic rings. The van der Waals surface area contributed by atoms with Crippen molar-refractivity contribution in [2.75, 3.05) is 26.2 Å². The van der Waals surface area contributed by atoms with Crippen molar-refractivity contribution in [3.05, 3.63) is 35.9 Å². The summed E-state index contributed by atoms with van der Waals surface area (Å²) in [6.45, 7) is 7.60. The second kappa shape index (κ2) is 7.92. The van der Waals surface area contributed by atoms with Crippen LogP contribution < -0.4 is 5.32 Å². The zero-order chi connectivity index (χ0) is 15.1. The molecule has 21 heavy (non-hydrogen) atoms. The molecule has 1 fully saturated rings. The van der Waals surface area contributed by atoms with Gasteiger partial charge in [0.15, 0.2) is 0 Å². The summed E-state index contributed by atoms with van der Waals surface area (Å²) >= 11 is 0. The molecule has 2 N–H and O–H groups in total. The van der Waals surface area contributed by atoms with Gasteiger partial charge in [0.25, 0.3) is 0 Å². The maximum Gasteiger partial charge on any atom is 0.0799 e. The van der Waals surface area contributed by atoms with Gasteiger partial charge in [-0.2, -0.15) is 0 Å². The lowest BCUT2D eigenvalue weighted by atomic mass is 9.89. The minimum atomic E-state index is -0.361. The number of nitrogens with one attached hydrogen (secondary N) is 1. The van der Waals surface area contributed by atoms with Crippen LogP contribution in [0.4, 0.5) is 0 Å². The van der Waals surface area contributed by atoms with Crippen molar-refractivity contribution in [2.45, 2.75) is 51.1 Å². The molecule has 1 aliphatic rings. The number of aliphatic hydroxyl groups excluding tert-OH is 1. The number of rotatable bonds is 6. The number of benzene rings is 1. The van der Waals surface area contributed by atoms with Gasteiger partial charge in [-0.25, -0.2) is 0 Å². The summed E-state index contributed by atoms with van der Waals surface area (Å²) in [7, 11) is 0. The van der Waals surface area contributed by atoms with Crippen LogP contribution in [0.2, 0.25) is 0 Å². The van der Waals surface area contributed by atoms with Crippen LogP contribution in [-0.2, 0) is 5.54 Å². The van der Waals surface area contributed by atoms with Gasteiger partial charge in [-0.1, -0.05) is 43.2 Å². The van der Waals surface area contributed by atoms with Crippen LogP contribution >= 0.6 is 0 Å². The highest BCUT2D eigenvalue weighted by molar-refractivity contribution is 5.25. The lowest BCUT2D eigenvalue weighted by Crippen LogP contribution is -2.56. The normalized spacial score (nSPS) is 20.2. The first-order valence-corrected chi connectivity index (χ1v) is 8.33. The predicted molar refractivity (Wildman–Crippen MR) is 88.4 cm³/mol. The van der Waals surface area contributed by atoms with Gasteiger partial charge in [-0.05, 0) is 45.3 Å². The Morgan fingerprint density at radius 2 is 1.71 bits per heavy atom. The van der Waals surface area contributed by atoms with E-state index >= 15 is 0 Å². The maximum absolute atomic E-state index is 10.2. The minimum Gasteiger partial charge on any atom is -0.394 e. The highest BCUT2D eigenvalue weighted by Gasteiger charge is 2.34. The van der Waals surface area contributed by atoms with Crippen molar-refractivity contribution in [3.63, 3.8) is 0 Å². The SMILES string of the molecule is CC(C)NC(CO)(CN1CCCCCC1)c1ccccc1. The Balaban J connectivity index is 2.21. The molecule has 0 aliphatic carbocycles. The monoisotopic (exact) mass is 290 g/mol. The van der Waals surface area contributed by atoms with Crippen LogP contribution in [0.25, 0.3) is 0 Å². The van der Waals surface area contributed by atoms with Gasteiger partial charge in [-0.3, -0.25) is 0 Å². The maximum atomic E-state index is 10.2. The zero-order valence-corrected chi connectivity index (χ0v) is 13.5. The molecule has 0 spiro atoms. The summed E-state index contributed by atoms with van der Waals surface area (Å²) in [5.74, 6) is 0. The molecule has 3 nitrogen and oxygen atoms in total. The molecule has 1 heterocycles. The molecule has 1 atom stereocenters. The zero-order valence-electron chi connectivity index (χ0n) is 13.5. The van der Waals surface area contributed by atoms with Crippen LogP contribution in [-0.4, -0.2) is 42.3 Å². The second-order valence-corrected chi connectivity index (χ2v) is 6.60. The molecule has 0 saturated carbocycles. The molecule has 0 amide bonds. The van der Waals surface area contributed by atoms with E-state index in [4.69, 9.17) is 0 Å². The van der Waals surface area contributed by atoms with Gasteiger partial charge in [0, 0.05) is 12.6 Å². The fraction of sp³-hybridized carbons (Fsp3) is 0.667. The Hall–Kier alpha value is -0.900. The Morgan fingerprint density at radius 3 is 2.24 bits per heavy atom. The fourth-order valence-electron chi connectivity index (χ4n) is 3.39. The van der Waals surface area contributed by atoms with Gasteiger partial charge < -0.3 is 15.3 Å². The predicted octanol–water partition coefficient (Wildman–Crippen LogP) is 2.75. The van der Waals surface area contributed by atoms with Gasteiger partial charge in [0.1, 0.15) is 0 Å². The van der Waals surface area contributed by atoms with E-state index in [1.165, 1.54) is 31.2 Å². The number of aliphatic hydroxyl groups is 1. The molecule has 0 aromatic heterocycles. The summed E-state index contributed by atoms with van der Waals surface area (Å²) in [6.07, 6.45) is 5.23. The van der Waals surface area contributed by atoms with Crippen molar-refractivity contribution < 1.29 is 5.11 Å². The Kier molecular flexibility index (Phi) is 6.22. The summed E-state index contributed by atoms with van der Waals surface area (Å²) in [6, 6.07) is 10.7. The quantitative estimate of drug-likeness (QED) is 0.845. The van der Waals surface area contributed by atoms with Crippen molar-refractivity contribution in [2.24, 2.45) is 0 Å². The van der Waals surface area contributed by atoms with Crippen LogP contribution in [0.1, 0.15) is 45.1 Å². The lowest BCUT2D eigenvalue weighted by Gasteiger charge is -2.39. The van der Waals surface area contributed by atoms with E-state index in [2.05, 4.69) is 48.3 Å². The van der Waals surface area contributed by atoms with E-state index in [0.29, 0.717) is 6.04 Å². The molecule has 1 saturated heterocycles. The molecular formula is C18H30N2O. The minimum absolute atomic E-state index is 0.131. The highest BCUT2D eigenvalue weighted by atomic mass is 16.3. The average Bonchev–Trinajstić information content (AvgIpc) is 2.75. The molecule has 118 valence electrons. The third-order valence-corrected chi connectivity index (χ3v) is 4.35. The molecular weight excluding hydrogens is 260 g/mol. The second-order valence-electron chi connectivity index (χ2n) is 6.60. The largest absolute Gasteiger partial charge is 0.394 e. The van der Waals surface area contributed by atoms with Gasteiger partial charge >= 0.3 is 0 Å². The molecule has 1 aromatic carbocycles. The number of nitrogens with zero attached hydrogens (tertiary/aromatic N) is 1. The summed E-state index contributed by atoms with van der Waals surface area (Å²) in [5, 5.41) is 13.8. The van der Waals surface area contributed by atoms with Crippen molar-refractivity contribution in [1.82, 2.24) is 10.2 Å². The standard InChI is InChI=1S/C18H30N2O/c1-16(2)19-18(15-21,17-10-6-5-7-11-17)14-20-12-8-3-4-9-13-20/h5-7,10-11,16,19,21H,3-4,8-9,12-15H2,1-2H3. The summed E-state index contributed by atoms with van der Waals surface area (Å²) in [5.41, 5.74) is 0.824.